The third-order valence-electron chi connectivity index (χ3n) is 9.05. The van der Waals surface area contributed by atoms with Gasteiger partial charge in [0.25, 0.3) is 5.91 Å². The van der Waals surface area contributed by atoms with E-state index in [0.717, 1.165) is 11.4 Å². The van der Waals surface area contributed by atoms with Gasteiger partial charge < -0.3 is 25.8 Å². The average molecular weight is 626 g/mol. The van der Waals surface area contributed by atoms with Crippen LogP contribution in [0, 0.1) is 5.92 Å². The molecular weight excluding hydrogens is 582 g/mol. The number of amides is 4. The minimum absolute atomic E-state index is 0.145. The zero-order valence-electron chi connectivity index (χ0n) is 26.5. The summed E-state index contributed by atoms with van der Waals surface area (Å²) in [5, 5.41) is 9.01. The second-order valence-electron chi connectivity index (χ2n) is 12.0. The summed E-state index contributed by atoms with van der Waals surface area (Å²) in [4.78, 5) is 67.5. The van der Waals surface area contributed by atoms with Gasteiger partial charge in [-0.25, -0.2) is 0 Å². The molecule has 242 valence electrons. The van der Waals surface area contributed by atoms with E-state index in [1.807, 2.05) is 49.4 Å². The van der Waals surface area contributed by atoms with Gasteiger partial charge in [0.05, 0.1) is 30.5 Å². The fraction of sp³-hybridized carbons (Fsp3) is 0.429. The van der Waals surface area contributed by atoms with Gasteiger partial charge in [0.2, 0.25) is 17.7 Å². The highest BCUT2D eigenvalue weighted by atomic mass is 16.2. The minimum atomic E-state index is -0.899. The highest BCUT2D eigenvalue weighted by molar-refractivity contribution is 5.95. The Labute approximate surface area is 270 Å². The van der Waals surface area contributed by atoms with E-state index < -0.39 is 18.1 Å². The number of benzene rings is 1. The van der Waals surface area contributed by atoms with E-state index >= 15 is 0 Å². The predicted molar refractivity (Wildman–Crippen MR) is 173 cm³/mol. The lowest BCUT2D eigenvalue weighted by atomic mass is 9.92. The van der Waals surface area contributed by atoms with Crippen LogP contribution in [0.4, 0.5) is 0 Å². The topological polar surface area (TPSA) is 137 Å². The number of likely N-dealkylation sites (N-methyl/N-ethyl adjacent to an activating group) is 1. The molecule has 2 fully saturated rings. The maximum Gasteiger partial charge on any atom is 0.251 e. The summed E-state index contributed by atoms with van der Waals surface area (Å²) in [6, 6.07) is 17.9. The second-order valence-corrected chi connectivity index (χ2v) is 12.0. The number of pyridine rings is 2. The van der Waals surface area contributed by atoms with Gasteiger partial charge in [-0.15, -0.1) is 0 Å². The lowest BCUT2D eigenvalue weighted by molar-refractivity contribution is -0.148. The van der Waals surface area contributed by atoms with Gasteiger partial charge in [0.15, 0.2) is 0 Å². The van der Waals surface area contributed by atoms with Crippen molar-refractivity contribution < 1.29 is 19.2 Å². The molecule has 2 aliphatic rings. The fourth-order valence-electron chi connectivity index (χ4n) is 6.56. The summed E-state index contributed by atoms with van der Waals surface area (Å²) < 4.78 is 0. The summed E-state index contributed by atoms with van der Waals surface area (Å²) >= 11 is 0. The molecule has 0 aliphatic carbocycles. The van der Waals surface area contributed by atoms with Crippen LogP contribution >= 0.6 is 0 Å². The molecule has 3 aromatic rings. The number of rotatable bonds is 12. The van der Waals surface area contributed by atoms with E-state index in [4.69, 9.17) is 0 Å². The second kappa shape index (κ2) is 15.6. The monoisotopic (exact) mass is 625 g/mol. The van der Waals surface area contributed by atoms with Crippen molar-refractivity contribution >= 4 is 23.6 Å². The number of hydrogen-bond acceptors (Lipinski definition) is 7. The molecule has 2 aliphatic heterocycles. The molecule has 0 unspecified atom stereocenters. The lowest BCUT2D eigenvalue weighted by Gasteiger charge is -2.35. The van der Waals surface area contributed by atoms with Gasteiger partial charge in [-0.05, 0) is 75.5 Å². The van der Waals surface area contributed by atoms with Crippen LogP contribution in [0.2, 0.25) is 0 Å². The summed E-state index contributed by atoms with van der Waals surface area (Å²) in [6.45, 7) is 2.66. The molecule has 4 amide bonds. The van der Waals surface area contributed by atoms with Crippen molar-refractivity contribution in [2.75, 3.05) is 13.6 Å². The van der Waals surface area contributed by atoms with Gasteiger partial charge >= 0.3 is 0 Å². The molecule has 3 N–H and O–H groups in total. The van der Waals surface area contributed by atoms with Crippen LogP contribution in [0.15, 0.2) is 79.1 Å². The van der Waals surface area contributed by atoms with E-state index in [1.54, 1.807) is 53.5 Å². The van der Waals surface area contributed by atoms with Crippen molar-refractivity contribution in [1.29, 1.82) is 0 Å². The minimum Gasteiger partial charge on any atom is -0.352 e. The SMILES string of the molecule is CC[C@H](NC)C(=O)N[C@@H]1C(=O)N2[C@@H](CC[C@@H]1CNC(=O)c1ccccc1)CC[C@H]2C(=O)N(Cc1ccccn1)Cc1ccccn1. The van der Waals surface area contributed by atoms with Crippen molar-refractivity contribution in [2.24, 2.45) is 5.92 Å². The van der Waals surface area contributed by atoms with E-state index in [0.29, 0.717) is 37.7 Å². The van der Waals surface area contributed by atoms with Crippen molar-refractivity contribution in [1.82, 2.24) is 35.7 Å². The van der Waals surface area contributed by atoms with Crippen LogP contribution in [0.3, 0.4) is 0 Å². The first-order valence-electron chi connectivity index (χ1n) is 16.1. The molecule has 11 nitrogen and oxygen atoms in total. The van der Waals surface area contributed by atoms with Crippen LogP contribution in [-0.4, -0.2) is 81.2 Å². The van der Waals surface area contributed by atoms with Crippen LogP contribution in [0.25, 0.3) is 0 Å². The molecule has 46 heavy (non-hydrogen) atoms. The van der Waals surface area contributed by atoms with E-state index in [-0.39, 0.29) is 55.2 Å². The summed E-state index contributed by atoms with van der Waals surface area (Å²) in [7, 11) is 1.71. The van der Waals surface area contributed by atoms with E-state index in [9.17, 15) is 19.2 Å². The van der Waals surface area contributed by atoms with Gasteiger partial charge in [-0.3, -0.25) is 29.1 Å². The molecule has 2 saturated heterocycles. The number of carbonyl (C=O) groups excluding carboxylic acids is 4. The molecule has 11 heteroatoms. The van der Waals surface area contributed by atoms with Crippen molar-refractivity contribution in [3.8, 4) is 0 Å². The third-order valence-corrected chi connectivity index (χ3v) is 9.05. The first-order chi connectivity index (χ1) is 22.4. The number of aromatic nitrogens is 2. The van der Waals surface area contributed by atoms with Gasteiger partial charge in [-0.1, -0.05) is 37.3 Å². The number of nitrogens with zero attached hydrogens (tertiary/aromatic N) is 4. The van der Waals surface area contributed by atoms with Crippen LogP contribution in [0.5, 0.6) is 0 Å². The maximum absolute atomic E-state index is 14.5. The Morgan fingerprint density at radius 2 is 1.52 bits per heavy atom. The Bertz CT molecular complexity index is 1430. The molecule has 0 saturated carbocycles. The van der Waals surface area contributed by atoms with Crippen LogP contribution < -0.4 is 16.0 Å². The van der Waals surface area contributed by atoms with Crippen molar-refractivity contribution in [3.05, 3.63) is 96.1 Å². The third kappa shape index (κ3) is 7.77. The molecule has 2 aromatic heterocycles. The smallest absolute Gasteiger partial charge is 0.251 e. The van der Waals surface area contributed by atoms with E-state index in [2.05, 4.69) is 25.9 Å². The predicted octanol–water partition coefficient (Wildman–Crippen LogP) is 2.69. The average Bonchev–Trinajstić information content (AvgIpc) is 3.47. The summed E-state index contributed by atoms with van der Waals surface area (Å²) in [5.74, 6) is -1.33. The number of carbonyl (C=O) groups is 4. The Kier molecular flexibility index (Phi) is 11.1. The molecular formula is C35H43N7O4. The number of hydrogen-bond donors (Lipinski definition) is 3. The summed E-state index contributed by atoms with van der Waals surface area (Å²) in [5.41, 5.74) is 2.00. The Balaban J connectivity index is 1.40. The van der Waals surface area contributed by atoms with Crippen molar-refractivity contribution in [3.63, 3.8) is 0 Å². The van der Waals surface area contributed by atoms with Crippen molar-refractivity contribution in [2.45, 2.75) is 76.3 Å². The normalized spacial score (nSPS) is 21.5. The Morgan fingerprint density at radius 3 is 2.11 bits per heavy atom. The van der Waals surface area contributed by atoms with Gasteiger partial charge in [-0.2, -0.15) is 0 Å². The molecule has 0 bridgehead atoms. The quantitative estimate of drug-likeness (QED) is 0.282. The maximum atomic E-state index is 14.5. The zero-order chi connectivity index (χ0) is 32.5. The first kappa shape index (κ1) is 32.7. The molecule has 5 rings (SSSR count). The fourth-order valence-corrected chi connectivity index (χ4v) is 6.56. The number of nitrogens with one attached hydrogen (secondary N) is 3. The standard InChI is InChI=1S/C35H43N7O4/c1-3-29(36-2)33(44)40-31-25(21-39-32(43)24-11-5-4-6-12-24)15-16-28-17-18-30(42(28)35(31)46)34(45)41(22-26-13-7-9-19-37-26)23-27-14-8-10-20-38-27/h4-14,19-20,25,28-31,36H,3,15-18,21-23H2,1-2H3,(H,39,43)(H,40,44)/t25-,28+,29+,30+,31+/m1/s1. The highest BCUT2D eigenvalue weighted by Gasteiger charge is 2.48. The first-order valence-corrected chi connectivity index (χ1v) is 16.1. The zero-order valence-corrected chi connectivity index (χ0v) is 26.5. The molecule has 4 heterocycles. The number of fused-ring (bicyclic) bond motifs is 1. The molecule has 0 spiro atoms. The Hall–Kier alpha value is -4.64. The summed E-state index contributed by atoms with van der Waals surface area (Å²) in [6.07, 6.45) is 6.42. The molecule has 0 radical (unpaired) electrons. The highest BCUT2D eigenvalue weighted by Crippen LogP contribution is 2.35. The molecule has 5 atom stereocenters. The Morgan fingerprint density at radius 1 is 0.891 bits per heavy atom. The van der Waals surface area contributed by atoms with Gasteiger partial charge in [0, 0.05) is 36.5 Å². The molecule has 1 aromatic carbocycles. The largest absolute Gasteiger partial charge is 0.352 e. The lowest BCUT2D eigenvalue weighted by Crippen LogP contribution is -2.59. The van der Waals surface area contributed by atoms with E-state index in [1.165, 1.54) is 0 Å². The van der Waals surface area contributed by atoms with Crippen LogP contribution in [-0.2, 0) is 27.5 Å². The van der Waals surface area contributed by atoms with Crippen LogP contribution in [0.1, 0.15) is 60.8 Å². The van der Waals surface area contributed by atoms with Gasteiger partial charge in [0.1, 0.15) is 12.1 Å².